The van der Waals surface area contributed by atoms with Gasteiger partial charge in [0.05, 0.1) is 20.8 Å². The predicted molar refractivity (Wildman–Crippen MR) is 126 cm³/mol. The van der Waals surface area contributed by atoms with Crippen LogP contribution in [-0.4, -0.2) is 41.8 Å². The second-order valence-corrected chi connectivity index (χ2v) is 8.30. The number of benzene rings is 1. The summed E-state index contributed by atoms with van der Waals surface area (Å²) in [6, 6.07) is 2.82. The Bertz CT molecular complexity index is 919. The summed E-state index contributed by atoms with van der Waals surface area (Å²) in [5, 5.41) is 10.3. The van der Waals surface area contributed by atoms with Crippen molar-refractivity contribution in [1.82, 2.24) is 9.55 Å². The van der Waals surface area contributed by atoms with E-state index in [2.05, 4.69) is 11.9 Å². The van der Waals surface area contributed by atoms with Gasteiger partial charge < -0.3 is 19.3 Å². The van der Waals surface area contributed by atoms with Crippen LogP contribution in [0.4, 0.5) is 13.2 Å². The standard InChI is InChI=1S/C25H35F3N2O5/c1-4-5-6-7-8-9-10-11-12-13-14-35-18-15-20(33-2)22(21(16-18)34-3)30-23(32)19(17-31)29-24(30)25(26,27)28/h15-17,32H,4-14H2,1-3H3. The van der Waals surface area contributed by atoms with E-state index in [1.54, 1.807) is 0 Å². The highest BCUT2D eigenvalue weighted by atomic mass is 19.4. The molecule has 10 heteroatoms. The molecule has 0 atom stereocenters. The zero-order valence-electron chi connectivity index (χ0n) is 20.6. The van der Waals surface area contributed by atoms with Crippen LogP contribution >= 0.6 is 0 Å². The summed E-state index contributed by atoms with van der Waals surface area (Å²) in [4.78, 5) is 14.3. The van der Waals surface area contributed by atoms with E-state index in [1.807, 2.05) is 0 Å². The first kappa shape index (κ1) is 28.3. The van der Waals surface area contributed by atoms with E-state index in [0.717, 1.165) is 19.3 Å². The molecule has 0 fully saturated rings. The lowest BCUT2D eigenvalue weighted by Gasteiger charge is -2.19. The van der Waals surface area contributed by atoms with Crippen molar-refractivity contribution >= 4 is 6.29 Å². The zero-order valence-corrected chi connectivity index (χ0v) is 20.6. The minimum atomic E-state index is -4.94. The number of imidazole rings is 1. The van der Waals surface area contributed by atoms with Gasteiger partial charge in [0.15, 0.2) is 23.5 Å². The fourth-order valence-electron chi connectivity index (χ4n) is 3.86. The van der Waals surface area contributed by atoms with E-state index >= 15 is 0 Å². The van der Waals surface area contributed by atoms with Crippen molar-refractivity contribution in [2.75, 3.05) is 20.8 Å². The molecule has 1 aromatic carbocycles. The Hall–Kier alpha value is -2.91. The summed E-state index contributed by atoms with van der Waals surface area (Å²) >= 11 is 0. The highest BCUT2D eigenvalue weighted by Gasteiger charge is 2.41. The highest BCUT2D eigenvalue weighted by Crippen LogP contribution is 2.43. The molecule has 0 saturated heterocycles. The van der Waals surface area contributed by atoms with Crippen LogP contribution in [0.1, 0.15) is 87.4 Å². The van der Waals surface area contributed by atoms with Crippen molar-refractivity contribution in [2.24, 2.45) is 0 Å². The van der Waals surface area contributed by atoms with Crippen LogP contribution < -0.4 is 14.2 Å². The third-order valence-electron chi connectivity index (χ3n) is 5.69. The monoisotopic (exact) mass is 500 g/mol. The molecular formula is C25H35F3N2O5. The number of ether oxygens (including phenoxy) is 3. The molecule has 0 radical (unpaired) electrons. The number of aromatic nitrogens is 2. The number of hydrogen-bond acceptors (Lipinski definition) is 6. The normalized spacial score (nSPS) is 11.5. The fourth-order valence-corrected chi connectivity index (χ4v) is 3.86. The number of carbonyl (C=O) groups is 1. The number of aromatic hydroxyl groups is 1. The summed E-state index contributed by atoms with van der Waals surface area (Å²) in [6.07, 6.45) is 6.97. The average Bonchev–Trinajstić information content (AvgIpc) is 3.18. The Morgan fingerprint density at radius 1 is 0.943 bits per heavy atom. The molecule has 1 aromatic heterocycles. The van der Waals surface area contributed by atoms with Gasteiger partial charge in [0, 0.05) is 12.1 Å². The van der Waals surface area contributed by atoms with Crippen LogP contribution in [0.25, 0.3) is 5.69 Å². The zero-order chi connectivity index (χ0) is 25.8. The van der Waals surface area contributed by atoms with E-state index in [-0.39, 0.29) is 23.5 Å². The number of halogens is 3. The van der Waals surface area contributed by atoms with Gasteiger partial charge in [-0.3, -0.25) is 9.36 Å². The van der Waals surface area contributed by atoms with Gasteiger partial charge in [0.2, 0.25) is 11.7 Å². The van der Waals surface area contributed by atoms with Crippen molar-refractivity contribution in [3.8, 4) is 28.8 Å². The summed E-state index contributed by atoms with van der Waals surface area (Å²) in [5.41, 5.74) is -0.991. The number of nitrogens with zero attached hydrogens (tertiary/aromatic N) is 2. The third kappa shape index (κ3) is 7.80. The lowest BCUT2D eigenvalue weighted by atomic mass is 10.1. The molecule has 35 heavy (non-hydrogen) atoms. The second-order valence-electron chi connectivity index (χ2n) is 8.30. The molecule has 1 N–H and O–H groups in total. The van der Waals surface area contributed by atoms with E-state index < -0.39 is 23.6 Å². The molecular weight excluding hydrogens is 465 g/mol. The van der Waals surface area contributed by atoms with Gasteiger partial charge in [-0.1, -0.05) is 64.7 Å². The number of alkyl halides is 3. The molecule has 0 saturated carbocycles. The van der Waals surface area contributed by atoms with E-state index in [9.17, 15) is 23.1 Å². The molecule has 0 aliphatic carbocycles. The van der Waals surface area contributed by atoms with Crippen LogP contribution in [0.5, 0.6) is 23.1 Å². The van der Waals surface area contributed by atoms with Crippen LogP contribution in [-0.2, 0) is 6.18 Å². The maximum atomic E-state index is 13.6. The minimum absolute atomic E-state index is 0.0435. The maximum absolute atomic E-state index is 13.6. The van der Waals surface area contributed by atoms with Crippen molar-refractivity contribution in [1.29, 1.82) is 0 Å². The molecule has 2 rings (SSSR count). The predicted octanol–water partition coefficient (Wildman–Crippen LogP) is 6.73. The van der Waals surface area contributed by atoms with E-state index in [4.69, 9.17) is 14.2 Å². The van der Waals surface area contributed by atoms with Crippen molar-refractivity contribution in [3.05, 3.63) is 23.7 Å². The number of carbonyl (C=O) groups excluding carboxylic acids is 1. The molecule has 196 valence electrons. The molecule has 7 nitrogen and oxygen atoms in total. The largest absolute Gasteiger partial charge is 0.494 e. The van der Waals surface area contributed by atoms with Gasteiger partial charge >= 0.3 is 6.18 Å². The SMILES string of the molecule is CCCCCCCCCCCCOc1cc(OC)c(-n2c(C(F)(F)F)nc(C=O)c2O)c(OC)c1. The van der Waals surface area contributed by atoms with E-state index in [0.29, 0.717) is 16.9 Å². The Balaban J connectivity index is 2.07. The van der Waals surface area contributed by atoms with Gasteiger partial charge in [0.1, 0.15) is 11.4 Å². The van der Waals surface area contributed by atoms with Gasteiger partial charge in [-0.25, -0.2) is 4.98 Å². The quantitative estimate of drug-likeness (QED) is 0.203. The lowest BCUT2D eigenvalue weighted by Crippen LogP contribution is -2.15. The van der Waals surface area contributed by atoms with Crippen molar-refractivity contribution in [2.45, 2.75) is 77.3 Å². The molecule has 0 unspecified atom stereocenters. The van der Waals surface area contributed by atoms with Crippen molar-refractivity contribution in [3.63, 3.8) is 0 Å². The van der Waals surface area contributed by atoms with E-state index in [1.165, 1.54) is 71.3 Å². The van der Waals surface area contributed by atoms with Gasteiger partial charge in [-0.2, -0.15) is 13.2 Å². The number of methoxy groups -OCH3 is 2. The highest BCUT2D eigenvalue weighted by molar-refractivity contribution is 5.77. The molecule has 0 aliphatic heterocycles. The second kappa shape index (κ2) is 13.8. The summed E-state index contributed by atoms with van der Waals surface area (Å²) in [7, 11) is 2.54. The summed E-state index contributed by atoms with van der Waals surface area (Å²) in [6.45, 7) is 2.64. The lowest BCUT2D eigenvalue weighted by molar-refractivity contribution is -0.146. The summed E-state index contributed by atoms with van der Waals surface area (Å²) < 4.78 is 57.5. The number of aldehydes is 1. The molecule has 0 amide bonds. The first-order chi connectivity index (χ1) is 16.8. The Kier molecular flexibility index (Phi) is 11.2. The van der Waals surface area contributed by atoms with Gasteiger partial charge in [0.25, 0.3) is 0 Å². The first-order valence-corrected chi connectivity index (χ1v) is 12.0. The number of hydrogen-bond donors (Lipinski definition) is 1. The van der Waals surface area contributed by atoms with Gasteiger partial charge in [-0.05, 0) is 6.42 Å². The topological polar surface area (TPSA) is 82.8 Å². The number of unbranched alkanes of at least 4 members (excludes halogenated alkanes) is 9. The molecule has 2 aromatic rings. The Labute approximate surface area is 204 Å². The fraction of sp³-hybridized carbons (Fsp3) is 0.600. The third-order valence-corrected chi connectivity index (χ3v) is 5.69. The Morgan fingerprint density at radius 3 is 1.91 bits per heavy atom. The Morgan fingerprint density at radius 2 is 1.46 bits per heavy atom. The molecule has 0 spiro atoms. The molecule has 0 bridgehead atoms. The minimum Gasteiger partial charge on any atom is -0.494 e. The van der Waals surface area contributed by atoms with Crippen LogP contribution in [0.15, 0.2) is 12.1 Å². The van der Waals surface area contributed by atoms with Gasteiger partial charge in [-0.15, -0.1) is 0 Å². The van der Waals surface area contributed by atoms with Crippen LogP contribution in [0.3, 0.4) is 0 Å². The maximum Gasteiger partial charge on any atom is 0.450 e. The van der Waals surface area contributed by atoms with Crippen LogP contribution in [0.2, 0.25) is 0 Å². The first-order valence-electron chi connectivity index (χ1n) is 12.0. The molecule has 0 aliphatic rings. The van der Waals surface area contributed by atoms with Crippen LogP contribution in [0, 0.1) is 0 Å². The summed E-state index contributed by atoms with van der Waals surface area (Å²) in [5.74, 6) is -2.19. The number of rotatable bonds is 16. The average molecular weight is 501 g/mol. The molecule has 1 heterocycles. The van der Waals surface area contributed by atoms with Crippen molar-refractivity contribution < 1.29 is 37.3 Å². The smallest absolute Gasteiger partial charge is 0.450 e.